The van der Waals surface area contributed by atoms with E-state index in [1.807, 2.05) is 18.9 Å². The van der Waals surface area contributed by atoms with E-state index in [0.717, 1.165) is 12.3 Å². The van der Waals surface area contributed by atoms with Crippen LogP contribution in [0.2, 0.25) is 0 Å². The van der Waals surface area contributed by atoms with Gasteiger partial charge in [-0.15, -0.1) is 0 Å². The zero-order valence-corrected chi connectivity index (χ0v) is 8.63. The van der Waals surface area contributed by atoms with Crippen molar-refractivity contribution in [1.29, 1.82) is 0 Å². The number of ether oxygens (including phenoxy) is 1. The summed E-state index contributed by atoms with van der Waals surface area (Å²) in [5.74, 6) is 0.171. The lowest BCUT2D eigenvalue weighted by Crippen LogP contribution is -2.46. The molecular weight excluding hydrogens is 168 g/mol. The number of fused-ring (bicyclic) bond motifs is 1. The molecule has 0 aromatic rings. The summed E-state index contributed by atoms with van der Waals surface area (Å²) >= 11 is 0. The second-order valence-corrected chi connectivity index (χ2v) is 4.28. The summed E-state index contributed by atoms with van der Waals surface area (Å²) in [5.41, 5.74) is -0.0881. The van der Waals surface area contributed by atoms with Gasteiger partial charge in [0, 0.05) is 13.3 Å². The molecular formula is C9H16N2O2. The highest BCUT2D eigenvalue weighted by Gasteiger charge is 2.55. The summed E-state index contributed by atoms with van der Waals surface area (Å²) < 4.78 is 5.63. The van der Waals surface area contributed by atoms with E-state index < -0.39 is 5.85 Å². The van der Waals surface area contributed by atoms with Gasteiger partial charge < -0.3 is 9.57 Å². The number of hydroxylamine groups is 2. The van der Waals surface area contributed by atoms with Crippen LogP contribution < -0.4 is 0 Å². The third kappa shape index (κ3) is 1.16. The van der Waals surface area contributed by atoms with E-state index >= 15 is 0 Å². The smallest absolute Gasteiger partial charge is 0.250 e. The highest BCUT2D eigenvalue weighted by molar-refractivity contribution is 5.77. The summed E-state index contributed by atoms with van der Waals surface area (Å²) in [6, 6.07) is 0. The highest BCUT2D eigenvalue weighted by atomic mass is 16.8. The van der Waals surface area contributed by atoms with Crippen molar-refractivity contribution >= 4 is 5.90 Å². The first kappa shape index (κ1) is 8.97. The van der Waals surface area contributed by atoms with Crippen LogP contribution in [0, 0.1) is 0 Å². The molecule has 0 spiro atoms. The van der Waals surface area contributed by atoms with Crippen molar-refractivity contribution in [2.45, 2.75) is 45.5 Å². The van der Waals surface area contributed by atoms with E-state index in [1.165, 1.54) is 0 Å². The Morgan fingerprint density at radius 2 is 2.15 bits per heavy atom. The summed E-state index contributed by atoms with van der Waals surface area (Å²) in [5, 5.41) is 1.85. The van der Waals surface area contributed by atoms with Crippen LogP contribution in [0.5, 0.6) is 0 Å². The van der Waals surface area contributed by atoms with E-state index in [0.29, 0.717) is 6.61 Å². The van der Waals surface area contributed by atoms with Crippen molar-refractivity contribution in [2.75, 3.05) is 6.61 Å². The molecule has 13 heavy (non-hydrogen) atoms. The maximum absolute atomic E-state index is 5.63. The third-order valence-corrected chi connectivity index (χ3v) is 2.46. The molecule has 0 bridgehead atoms. The van der Waals surface area contributed by atoms with Crippen LogP contribution in [-0.4, -0.2) is 29.0 Å². The van der Waals surface area contributed by atoms with E-state index in [-0.39, 0.29) is 5.54 Å². The van der Waals surface area contributed by atoms with Crippen LogP contribution in [0.3, 0.4) is 0 Å². The minimum atomic E-state index is -0.588. The van der Waals surface area contributed by atoms with Gasteiger partial charge in [0.15, 0.2) is 0 Å². The molecule has 0 amide bonds. The van der Waals surface area contributed by atoms with E-state index in [2.05, 4.69) is 18.8 Å². The SMILES string of the molecule is CCC1=NC2(C)OCC(C)(C)N2O1. The molecule has 0 radical (unpaired) electrons. The molecule has 4 nitrogen and oxygen atoms in total. The fourth-order valence-corrected chi connectivity index (χ4v) is 1.78. The first-order valence-electron chi connectivity index (χ1n) is 4.69. The first-order chi connectivity index (χ1) is 5.98. The molecule has 0 aliphatic carbocycles. The molecule has 2 rings (SSSR count). The molecule has 1 unspecified atom stereocenters. The lowest BCUT2D eigenvalue weighted by Gasteiger charge is -2.29. The average molecular weight is 184 g/mol. The monoisotopic (exact) mass is 184 g/mol. The Hall–Kier alpha value is -0.610. The van der Waals surface area contributed by atoms with Crippen LogP contribution in [0.15, 0.2) is 4.99 Å². The van der Waals surface area contributed by atoms with Crippen molar-refractivity contribution in [3.63, 3.8) is 0 Å². The fraction of sp³-hybridized carbons (Fsp3) is 0.889. The van der Waals surface area contributed by atoms with Gasteiger partial charge in [-0.05, 0) is 13.8 Å². The number of hydrogen-bond acceptors (Lipinski definition) is 4. The summed E-state index contributed by atoms with van der Waals surface area (Å²) in [4.78, 5) is 10.0. The predicted molar refractivity (Wildman–Crippen MR) is 49.1 cm³/mol. The molecule has 0 aromatic heterocycles. The van der Waals surface area contributed by atoms with Gasteiger partial charge in [-0.1, -0.05) is 12.0 Å². The van der Waals surface area contributed by atoms with Gasteiger partial charge in [0.25, 0.3) is 0 Å². The maximum atomic E-state index is 5.63. The largest absolute Gasteiger partial charge is 0.385 e. The zero-order chi connectivity index (χ0) is 9.69. The molecule has 0 N–H and O–H groups in total. The standard InChI is InChI=1S/C9H16N2O2/c1-5-7-10-9(4)11(13-7)8(2,3)6-12-9/h5-6H2,1-4H3. The second-order valence-electron chi connectivity index (χ2n) is 4.28. The predicted octanol–water partition coefficient (Wildman–Crippen LogP) is 1.52. The Morgan fingerprint density at radius 1 is 1.46 bits per heavy atom. The summed E-state index contributed by atoms with van der Waals surface area (Å²) in [7, 11) is 0. The molecule has 1 saturated heterocycles. The van der Waals surface area contributed by atoms with Crippen molar-refractivity contribution in [3.05, 3.63) is 0 Å². The lowest BCUT2D eigenvalue weighted by atomic mass is 10.1. The minimum Gasteiger partial charge on any atom is -0.385 e. The second kappa shape index (κ2) is 2.45. The van der Waals surface area contributed by atoms with E-state index in [4.69, 9.17) is 9.57 Å². The van der Waals surface area contributed by atoms with Crippen molar-refractivity contribution < 1.29 is 9.57 Å². The van der Waals surface area contributed by atoms with E-state index in [9.17, 15) is 0 Å². The van der Waals surface area contributed by atoms with Crippen LogP contribution in [0.25, 0.3) is 0 Å². The lowest BCUT2D eigenvalue weighted by molar-refractivity contribution is -0.200. The number of nitrogens with zero attached hydrogens (tertiary/aromatic N) is 2. The molecule has 2 aliphatic rings. The molecule has 0 aromatic carbocycles. The van der Waals surface area contributed by atoms with Gasteiger partial charge >= 0.3 is 0 Å². The maximum Gasteiger partial charge on any atom is 0.250 e. The number of rotatable bonds is 1. The summed E-state index contributed by atoms with van der Waals surface area (Å²) in [6.07, 6.45) is 0.811. The van der Waals surface area contributed by atoms with Gasteiger partial charge in [-0.25, -0.2) is 4.99 Å². The highest BCUT2D eigenvalue weighted by Crippen LogP contribution is 2.39. The Kier molecular flexibility index (Phi) is 1.69. The van der Waals surface area contributed by atoms with Crippen molar-refractivity contribution in [3.8, 4) is 0 Å². The Morgan fingerprint density at radius 3 is 2.69 bits per heavy atom. The zero-order valence-electron chi connectivity index (χ0n) is 8.63. The molecule has 74 valence electrons. The van der Waals surface area contributed by atoms with Crippen molar-refractivity contribution in [1.82, 2.24) is 5.06 Å². The Bertz CT molecular complexity index is 262. The van der Waals surface area contributed by atoms with Crippen molar-refractivity contribution in [2.24, 2.45) is 4.99 Å². The third-order valence-electron chi connectivity index (χ3n) is 2.46. The molecule has 0 saturated carbocycles. The van der Waals surface area contributed by atoms with Gasteiger partial charge in [0.05, 0.1) is 12.1 Å². The molecule has 2 heterocycles. The Labute approximate surface area is 78.5 Å². The average Bonchev–Trinajstić information content (AvgIpc) is 2.49. The number of aliphatic imine (C=N–C) groups is 1. The van der Waals surface area contributed by atoms with Gasteiger partial charge in [0.1, 0.15) is 0 Å². The summed E-state index contributed by atoms with van der Waals surface area (Å²) in [6.45, 7) is 8.80. The normalized spacial score (nSPS) is 37.1. The first-order valence-corrected chi connectivity index (χ1v) is 4.69. The van der Waals surface area contributed by atoms with Gasteiger partial charge in [0.2, 0.25) is 11.7 Å². The minimum absolute atomic E-state index is 0.0881. The van der Waals surface area contributed by atoms with Gasteiger partial charge in [-0.3, -0.25) is 0 Å². The fourth-order valence-electron chi connectivity index (χ4n) is 1.78. The molecule has 2 aliphatic heterocycles. The quantitative estimate of drug-likeness (QED) is 0.619. The molecule has 1 fully saturated rings. The topological polar surface area (TPSA) is 34.1 Å². The van der Waals surface area contributed by atoms with Crippen LogP contribution >= 0.6 is 0 Å². The number of hydrogen-bond donors (Lipinski definition) is 0. The van der Waals surface area contributed by atoms with Crippen LogP contribution in [0.4, 0.5) is 0 Å². The molecule has 1 atom stereocenters. The van der Waals surface area contributed by atoms with E-state index in [1.54, 1.807) is 0 Å². The van der Waals surface area contributed by atoms with Crippen LogP contribution in [0.1, 0.15) is 34.1 Å². The van der Waals surface area contributed by atoms with Crippen LogP contribution in [-0.2, 0) is 9.57 Å². The Balaban J connectivity index is 2.27. The van der Waals surface area contributed by atoms with Gasteiger partial charge in [-0.2, -0.15) is 0 Å². The molecule has 4 heteroatoms.